The average Bonchev–Trinajstić information content (AvgIpc) is 2.34. The van der Waals surface area contributed by atoms with Crippen molar-refractivity contribution in [1.82, 2.24) is 0 Å². The standard InChI is InChI=1S/C16H21P.B/c1-2-4-15(5-3-1)17-16-13-7-11-6-12(9-13)10-14(16)8-11;/h1-5,11-14,16-17H,6-10H2;. The predicted octanol–water partition coefficient (Wildman–Crippen LogP) is 3.43. The molecule has 3 radical (unpaired) electrons. The minimum absolute atomic E-state index is 0. The molecule has 2 heteroatoms. The van der Waals surface area contributed by atoms with Gasteiger partial charge < -0.3 is 0 Å². The number of rotatable bonds is 2. The minimum atomic E-state index is 0. The first-order valence-electron chi connectivity index (χ1n) is 7.20. The van der Waals surface area contributed by atoms with Crippen molar-refractivity contribution in [3.8, 4) is 0 Å². The molecule has 1 aromatic carbocycles. The summed E-state index contributed by atoms with van der Waals surface area (Å²) in [7, 11) is 1.08. The Kier molecular flexibility index (Phi) is 3.54. The van der Waals surface area contributed by atoms with Gasteiger partial charge in [0.25, 0.3) is 0 Å². The molecule has 0 aliphatic heterocycles. The van der Waals surface area contributed by atoms with E-state index in [0.29, 0.717) is 0 Å². The third-order valence-electron chi connectivity index (χ3n) is 5.33. The van der Waals surface area contributed by atoms with Crippen LogP contribution in [0.5, 0.6) is 0 Å². The third kappa shape index (κ3) is 2.16. The highest BCUT2D eigenvalue weighted by Gasteiger charge is 2.47. The van der Waals surface area contributed by atoms with Crippen LogP contribution in [-0.4, -0.2) is 14.1 Å². The zero-order chi connectivity index (χ0) is 11.2. The lowest BCUT2D eigenvalue weighted by atomic mass is 9.56. The van der Waals surface area contributed by atoms with E-state index in [-0.39, 0.29) is 8.41 Å². The second-order valence-corrected chi connectivity index (χ2v) is 8.00. The second-order valence-electron chi connectivity index (χ2n) is 6.47. The van der Waals surface area contributed by atoms with Crippen LogP contribution < -0.4 is 5.30 Å². The molecule has 0 nitrogen and oxygen atoms in total. The van der Waals surface area contributed by atoms with E-state index in [1.54, 1.807) is 37.4 Å². The van der Waals surface area contributed by atoms with Crippen LogP contribution >= 0.6 is 8.58 Å². The van der Waals surface area contributed by atoms with Gasteiger partial charge in [-0.25, -0.2) is 0 Å². The second kappa shape index (κ2) is 5.01. The normalized spacial score (nSPS) is 41.2. The first-order valence-corrected chi connectivity index (χ1v) is 8.28. The Morgan fingerprint density at radius 1 is 0.778 bits per heavy atom. The van der Waals surface area contributed by atoms with Crippen LogP contribution in [0.4, 0.5) is 0 Å². The molecule has 1 atom stereocenters. The zero-order valence-corrected chi connectivity index (χ0v) is 11.9. The van der Waals surface area contributed by atoms with Gasteiger partial charge in [0.1, 0.15) is 0 Å². The van der Waals surface area contributed by atoms with Crippen LogP contribution in [0.25, 0.3) is 0 Å². The van der Waals surface area contributed by atoms with Gasteiger partial charge in [0, 0.05) is 8.41 Å². The number of hydrogen-bond acceptors (Lipinski definition) is 0. The Morgan fingerprint density at radius 2 is 1.33 bits per heavy atom. The van der Waals surface area contributed by atoms with E-state index in [4.69, 9.17) is 0 Å². The largest absolute Gasteiger partial charge is 0.0866 e. The molecule has 0 amide bonds. The van der Waals surface area contributed by atoms with Gasteiger partial charge in [0.05, 0.1) is 0 Å². The predicted molar refractivity (Wildman–Crippen MR) is 81.0 cm³/mol. The van der Waals surface area contributed by atoms with Crippen LogP contribution in [-0.2, 0) is 0 Å². The van der Waals surface area contributed by atoms with Crippen molar-refractivity contribution in [2.75, 3.05) is 0 Å². The third-order valence-corrected chi connectivity index (χ3v) is 7.28. The molecule has 4 fully saturated rings. The van der Waals surface area contributed by atoms with Gasteiger partial charge in [-0.2, -0.15) is 0 Å². The molecular weight excluding hydrogens is 234 g/mol. The Morgan fingerprint density at radius 3 is 1.89 bits per heavy atom. The molecule has 4 aliphatic rings. The van der Waals surface area contributed by atoms with Crippen molar-refractivity contribution in [1.29, 1.82) is 0 Å². The maximum atomic E-state index is 2.34. The van der Waals surface area contributed by atoms with Crippen LogP contribution in [0, 0.1) is 23.7 Å². The van der Waals surface area contributed by atoms with Gasteiger partial charge >= 0.3 is 0 Å². The number of hydrogen-bond donors (Lipinski definition) is 0. The summed E-state index contributed by atoms with van der Waals surface area (Å²) in [6, 6.07) is 11.2. The lowest BCUT2D eigenvalue weighted by Crippen LogP contribution is -2.46. The Hall–Kier alpha value is -0.285. The van der Waals surface area contributed by atoms with Crippen molar-refractivity contribution in [2.45, 2.75) is 37.8 Å². The summed E-state index contributed by atoms with van der Waals surface area (Å²) in [5.74, 6) is 4.42. The Bertz CT molecular complexity index is 375. The molecule has 1 aromatic rings. The SMILES string of the molecule is [B].c1ccc(PC2C3CC4CC(C3)CC2C4)cc1. The van der Waals surface area contributed by atoms with E-state index in [1.807, 2.05) is 0 Å². The van der Waals surface area contributed by atoms with Gasteiger partial charge in [-0.05, 0) is 66.7 Å². The van der Waals surface area contributed by atoms with Crippen molar-refractivity contribution in [3.05, 3.63) is 30.3 Å². The van der Waals surface area contributed by atoms with Gasteiger partial charge in [0.2, 0.25) is 0 Å². The molecule has 1 unspecified atom stereocenters. The summed E-state index contributed by atoms with van der Waals surface area (Å²) in [6.45, 7) is 0. The fraction of sp³-hybridized carbons (Fsp3) is 0.625. The smallest absolute Gasteiger partial charge is 0 e. The maximum Gasteiger partial charge on any atom is 0 e. The zero-order valence-electron chi connectivity index (χ0n) is 10.9. The van der Waals surface area contributed by atoms with E-state index in [0.717, 1.165) is 37.9 Å². The quantitative estimate of drug-likeness (QED) is 0.561. The van der Waals surface area contributed by atoms with E-state index >= 15 is 0 Å². The van der Waals surface area contributed by atoms with E-state index in [1.165, 1.54) is 0 Å². The summed E-state index contributed by atoms with van der Waals surface area (Å²) in [5.41, 5.74) is 1.05. The van der Waals surface area contributed by atoms with Gasteiger partial charge in [0.15, 0.2) is 0 Å². The van der Waals surface area contributed by atoms with E-state index in [9.17, 15) is 0 Å². The van der Waals surface area contributed by atoms with Crippen LogP contribution in [0.1, 0.15) is 32.1 Å². The van der Waals surface area contributed by atoms with Crippen LogP contribution in [0.15, 0.2) is 30.3 Å². The fourth-order valence-electron chi connectivity index (χ4n) is 4.89. The molecular formula is C16H21BP. The highest BCUT2D eigenvalue weighted by molar-refractivity contribution is 7.48. The molecule has 0 saturated heterocycles. The van der Waals surface area contributed by atoms with Crippen molar-refractivity contribution < 1.29 is 0 Å². The summed E-state index contributed by atoms with van der Waals surface area (Å²) in [5, 5.41) is 1.60. The first kappa shape index (κ1) is 12.7. The monoisotopic (exact) mass is 255 g/mol. The average molecular weight is 255 g/mol. The van der Waals surface area contributed by atoms with Crippen LogP contribution in [0.2, 0.25) is 0 Å². The van der Waals surface area contributed by atoms with Gasteiger partial charge in [-0.15, -0.1) is 0 Å². The summed E-state index contributed by atoms with van der Waals surface area (Å²) >= 11 is 0. The van der Waals surface area contributed by atoms with Crippen molar-refractivity contribution in [2.24, 2.45) is 23.7 Å². The molecule has 0 N–H and O–H groups in total. The molecule has 4 bridgehead atoms. The van der Waals surface area contributed by atoms with Crippen molar-refractivity contribution >= 4 is 22.3 Å². The molecule has 0 spiro atoms. The minimum Gasteiger partial charge on any atom is -0.0866 e. The lowest BCUT2D eigenvalue weighted by molar-refractivity contribution is 0.0259. The molecule has 0 heterocycles. The highest BCUT2D eigenvalue weighted by atomic mass is 31.1. The Labute approximate surface area is 114 Å². The van der Waals surface area contributed by atoms with E-state index < -0.39 is 0 Å². The summed E-state index contributed by atoms with van der Waals surface area (Å²) in [6.07, 6.45) is 7.85. The summed E-state index contributed by atoms with van der Waals surface area (Å²) < 4.78 is 0. The maximum absolute atomic E-state index is 2.34. The summed E-state index contributed by atoms with van der Waals surface area (Å²) in [4.78, 5) is 0. The number of benzene rings is 1. The molecule has 4 aliphatic carbocycles. The molecule has 18 heavy (non-hydrogen) atoms. The van der Waals surface area contributed by atoms with E-state index in [2.05, 4.69) is 30.3 Å². The first-order chi connectivity index (χ1) is 8.38. The topological polar surface area (TPSA) is 0 Å². The molecule has 93 valence electrons. The van der Waals surface area contributed by atoms with Crippen molar-refractivity contribution in [3.63, 3.8) is 0 Å². The van der Waals surface area contributed by atoms with Crippen LogP contribution in [0.3, 0.4) is 0 Å². The molecule has 0 aromatic heterocycles. The lowest BCUT2D eigenvalue weighted by Gasteiger charge is -2.54. The molecule has 5 rings (SSSR count). The van der Waals surface area contributed by atoms with Gasteiger partial charge in [-0.1, -0.05) is 38.9 Å². The highest BCUT2D eigenvalue weighted by Crippen LogP contribution is 2.58. The van der Waals surface area contributed by atoms with Gasteiger partial charge in [-0.3, -0.25) is 0 Å². The Balaban J connectivity index is 0.000001000. The fourth-order valence-corrected chi connectivity index (χ4v) is 6.67. The molecule has 4 saturated carbocycles.